The van der Waals surface area contributed by atoms with E-state index in [1.54, 1.807) is 0 Å². The maximum atomic E-state index is 15.2. The number of rotatable bonds is 7. The van der Waals surface area contributed by atoms with E-state index in [0.717, 1.165) is 12.5 Å². The van der Waals surface area contributed by atoms with Gasteiger partial charge in [0.2, 0.25) is 11.8 Å². The van der Waals surface area contributed by atoms with Crippen LogP contribution in [0.4, 0.5) is 19.0 Å². The highest BCUT2D eigenvalue weighted by Gasteiger charge is 2.38. The van der Waals surface area contributed by atoms with E-state index in [1.807, 2.05) is 37.3 Å². The second-order valence-electron chi connectivity index (χ2n) is 9.03. The monoisotopic (exact) mass is 550 g/mol. The van der Waals surface area contributed by atoms with Gasteiger partial charge in [-0.2, -0.15) is 5.10 Å². The third-order valence-electron chi connectivity index (χ3n) is 6.33. The van der Waals surface area contributed by atoms with Crippen LogP contribution in [0.15, 0.2) is 72.8 Å². The molecule has 6 nitrogen and oxygen atoms in total. The first-order chi connectivity index (χ1) is 18.9. The number of nitrogens with zero attached hydrogens (tertiary/aromatic N) is 3. The Labute approximate surface area is 227 Å². The Morgan fingerprint density at radius 3 is 2.44 bits per heavy atom. The number of hydrogen-bond acceptors (Lipinski definition) is 4. The second-order valence-corrected chi connectivity index (χ2v) is 10.1. The fourth-order valence-electron chi connectivity index (χ4n) is 4.51. The van der Waals surface area contributed by atoms with Gasteiger partial charge in [0.25, 0.3) is 0 Å². The molecule has 10 heteroatoms. The lowest BCUT2D eigenvalue weighted by atomic mass is 9.99. The molecule has 1 aliphatic rings. The predicted molar refractivity (Wildman–Crippen MR) is 145 cm³/mol. The highest BCUT2D eigenvalue weighted by molar-refractivity contribution is 8.00. The molecule has 1 N–H and O–H groups in total. The summed E-state index contributed by atoms with van der Waals surface area (Å²) >= 11 is 1.18. The van der Waals surface area contributed by atoms with Crippen molar-refractivity contribution in [2.75, 3.05) is 23.7 Å². The summed E-state index contributed by atoms with van der Waals surface area (Å²) in [4.78, 5) is 27.8. The zero-order valence-electron chi connectivity index (χ0n) is 21.0. The molecule has 0 bridgehead atoms. The number of benzene rings is 3. The number of nitrogens with one attached hydrogen (secondary N) is 1. The summed E-state index contributed by atoms with van der Waals surface area (Å²) in [6, 6.07) is 18.1. The van der Waals surface area contributed by atoms with Crippen molar-refractivity contribution in [1.82, 2.24) is 15.1 Å². The Morgan fingerprint density at radius 2 is 1.74 bits per heavy atom. The van der Waals surface area contributed by atoms with Crippen molar-refractivity contribution in [3.63, 3.8) is 0 Å². The summed E-state index contributed by atoms with van der Waals surface area (Å²) in [6.45, 7) is 2.08. The molecule has 0 radical (unpaired) electrons. The fourth-order valence-corrected chi connectivity index (χ4v) is 5.73. The van der Waals surface area contributed by atoms with Gasteiger partial charge in [-0.05, 0) is 36.8 Å². The first-order valence-electron chi connectivity index (χ1n) is 12.4. The molecule has 3 aromatic carbocycles. The van der Waals surface area contributed by atoms with Crippen LogP contribution < -0.4 is 10.2 Å². The number of amides is 2. The standard InChI is InChI=1S/C29H25F3N4O2S/c1-2-14-33-24(37)16-35-25(38)17-39-28(22-13-10-20(31)15-23(22)32)26-27(18-6-4-3-5-7-18)34-36(29(26)35)21-11-8-19(30)9-12-21/h3-13,15,28H,2,14,16-17H2,1H3,(H,33,37). The molecule has 2 heterocycles. The van der Waals surface area contributed by atoms with Gasteiger partial charge in [-0.1, -0.05) is 43.3 Å². The van der Waals surface area contributed by atoms with Gasteiger partial charge >= 0.3 is 0 Å². The van der Waals surface area contributed by atoms with Gasteiger partial charge in [0.05, 0.1) is 22.4 Å². The molecule has 0 saturated heterocycles. The summed E-state index contributed by atoms with van der Waals surface area (Å²) < 4.78 is 44.4. The molecule has 5 rings (SSSR count). The molecule has 39 heavy (non-hydrogen) atoms. The van der Waals surface area contributed by atoms with Gasteiger partial charge in [0.15, 0.2) is 0 Å². The minimum Gasteiger partial charge on any atom is -0.355 e. The van der Waals surface area contributed by atoms with Crippen LogP contribution >= 0.6 is 11.8 Å². The third kappa shape index (κ3) is 5.42. The van der Waals surface area contributed by atoms with E-state index in [-0.39, 0.29) is 35.5 Å². The van der Waals surface area contributed by atoms with Crippen LogP contribution in [0.5, 0.6) is 0 Å². The van der Waals surface area contributed by atoms with Crippen molar-refractivity contribution in [1.29, 1.82) is 0 Å². The molecule has 0 aliphatic carbocycles. The first kappa shape index (κ1) is 26.6. The van der Waals surface area contributed by atoms with Gasteiger partial charge in [0.1, 0.15) is 29.8 Å². The number of hydrogen-bond donors (Lipinski definition) is 1. The highest BCUT2D eigenvalue weighted by Crippen LogP contribution is 2.49. The van der Waals surface area contributed by atoms with Crippen LogP contribution in [0.1, 0.15) is 29.7 Å². The van der Waals surface area contributed by atoms with Gasteiger partial charge in [-0.15, -0.1) is 11.8 Å². The molecule has 1 unspecified atom stereocenters. The minimum atomic E-state index is -0.756. The lowest BCUT2D eigenvalue weighted by molar-refractivity contribution is -0.122. The summed E-state index contributed by atoms with van der Waals surface area (Å²) in [5, 5.41) is 6.88. The van der Waals surface area contributed by atoms with E-state index >= 15 is 4.39 Å². The first-order valence-corrected chi connectivity index (χ1v) is 13.5. The predicted octanol–water partition coefficient (Wildman–Crippen LogP) is 5.65. The Bertz CT molecular complexity index is 1510. The molecule has 4 aromatic rings. The number of halogens is 3. The van der Waals surface area contributed by atoms with Crippen molar-refractivity contribution in [3.8, 4) is 16.9 Å². The van der Waals surface area contributed by atoms with Crippen LogP contribution in [0, 0.1) is 17.5 Å². The van der Waals surface area contributed by atoms with Gasteiger partial charge < -0.3 is 5.32 Å². The number of thioether (sulfide) groups is 1. The van der Waals surface area contributed by atoms with Crippen LogP contribution in [0.3, 0.4) is 0 Å². The SMILES string of the molecule is CCCNC(=O)CN1C(=O)CSC(c2ccc(F)cc2F)c2c(-c3ccccc3)nn(-c3ccc(F)cc3)c21. The van der Waals surface area contributed by atoms with Crippen LogP contribution in [-0.2, 0) is 9.59 Å². The van der Waals surface area contributed by atoms with Gasteiger partial charge in [-0.25, -0.2) is 17.9 Å². The lowest BCUT2D eigenvalue weighted by Crippen LogP contribution is -2.42. The number of fused-ring (bicyclic) bond motifs is 1. The molecular formula is C29H25F3N4O2S. The van der Waals surface area contributed by atoms with E-state index < -0.39 is 22.7 Å². The zero-order chi connectivity index (χ0) is 27.5. The molecule has 1 aliphatic heterocycles. The zero-order valence-corrected chi connectivity index (χ0v) is 21.9. The topological polar surface area (TPSA) is 67.2 Å². The molecule has 1 aromatic heterocycles. The van der Waals surface area contributed by atoms with Crippen molar-refractivity contribution in [3.05, 3.63) is 101 Å². The summed E-state index contributed by atoms with van der Waals surface area (Å²) in [6.07, 6.45) is 0.721. The van der Waals surface area contributed by atoms with E-state index in [9.17, 15) is 18.4 Å². The summed E-state index contributed by atoms with van der Waals surface area (Å²) in [5.74, 6) is -2.44. The van der Waals surface area contributed by atoms with Gasteiger partial charge in [-0.3, -0.25) is 14.5 Å². The Morgan fingerprint density at radius 1 is 1.03 bits per heavy atom. The van der Waals surface area contributed by atoms with Crippen molar-refractivity contribution in [2.24, 2.45) is 0 Å². The average Bonchev–Trinajstić information content (AvgIpc) is 3.26. The number of aromatic nitrogens is 2. The van der Waals surface area contributed by atoms with Crippen LogP contribution in [0.2, 0.25) is 0 Å². The van der Waals surface area contributed by atoms with Crippen molar-refractivity contribution >= 4 is 29.4 Å². The smallest absolute Gasteiger partial charge is 0.240 e. The normalized spacial score (nSPS) is 15.1. The summed E-state index contributed by atoms with van der Waals surface area (Å²) in [7, 11) is 0. The fraction of sp³-hybridized carbons (Fsp3) is 0.207. The molecule has 200 valence electrons. The maximum Gasteiger partial charge on any atom is 0.240 e. The van der Waals surface area contributed by atoms with E-state index in [1.165, 1.54) is 57.7 Å². The number of carbonyl (C=O) groups excluding carboxylic acids is 2. The highest BCUT2D eigenvalue weighted by atomic mass is 32.2. The van der Waals surface area contributed by atoms with Gasteiger partial charge in [0, 0.05) is 29.3 Å². The van der Waals surface area contributed by atoms with Crippen LogP contribution in [-0.4, -0.2) is 40.4 Å². The lowest BCUT2D eigenvalue weighted by Gasteiger charge is -2.23. The van der Waals surface area contributed by atoms with E-state index in [0.29, 0.717) is 29.1 Å². The molecule has 0 fully saturated rings. The molecule has 0 saturated carbocycles. The second kappa shape index (κ2) is 11.4. The Kier molecular flexibility index (Phi) is 7.74. The molecular weight excluding hydrogens is 525 g/mol. The van der Waals surface area contributed by atoms with E-state index in [4.69, 9.17) is 5.10 Å². The summed E-state index contributed by atoms with van der Waals surface area (Å²) in [5.41, 5.74) is 2.29. The Balaban J connectivity index is 1.80. The number of anilines is 1. The Hall–Kier alpha value is -4.05. The largest absolute Gasteiger partial charge is 0.355 e. The molecule has 1 atom stereocenters. The number of carbonyl (C=O) groups is 2. The van der Waals surface area contributed by atoms with Crippen molar-refractivity contribution in [2.45, 2.75) is 18.6 Å². The van der Waals surface area contributed by atoms with Crippen LogP contribution in [0.25, 0.3) is 16.9 Å². The van der Waals surface area contributed by atoms with E-state index in [2.05, 4.69) is 5.32 Å². The van der Waals surface area contributed by atoms with Crippen molar-refractivity contribution < 1.29 is 22.8 Å². The third-order valence-corrected chi connectivity index (χ3v) is 7.56. The molecule has 2 amide bonds. The minimum absolute atomic E-state index is 0.0606. The quantitative estimate of drug-likeness (QED) is 0.323. The maximum absolute atomic E-state index is 15.2. The molecule has 0 spiro atoms. The average molecular weight is 551 g/mol.